The molecular weight excluding hydrogens is 628 g/mol. The number of ether oxygens (including phenoxy) is 3. The van der Waals surface area contributed by atoms with Gasteiger partial charge < -0.3 is 35.5 Å². The first-order valence-electron chi connectivity index (χ1n) is 16.9. The highest BCUT2D eigenvalue weighted by Gasteiger charge is 2.35. The molecule has 0 bridgehead atoms. The van der Waals surface area contributed by atoms with Crippen molar-refractivity contribution in [2.75, 3.05) is 7.11 Å². The van der Waals surface area contributed by atoms with Gasteiger partial charge in [0.05, 0.1) is 19.2 Å². The van der Waals surface area contributed by atoms with E-state index in [1.54, 1.807) is 20.8 Å². The Hall–Kier alpha value is -4.61. The van der Waals surface area contributed by atoms with Crippen LogP contribution in [-0.2, 0) is 41.6 Å². The molecule has 4 amide bonds. The van der Waals surface area contributed by atoms with Crippen molar-refractivity contribution >= 4 is 30.0 Å². The average molecular weight is 683 g/mol. The van der Waals surface area contributed by atoms with Crippen LogP contribution in [0.2, 0.25) is 0 Å². The highest BCUT2D eigenvalue weighted by atomic mass is 16.6. The number of carbonyl (C=O) groups excluding carboxylic acids is 5. The molecule has 0 saturated carbocycles. The summed E-state index contributed by atoms with van der Waals surface area (Å²) in [4.78, 5) is 66.0. The van der Waals surface area contributed by atoms with E-state index in [0.29, 0.717) is 12.8 Å². The minimum atomic E-state index is -0.995. The number of alkyl carbamates (subject to hydrolysis) is 2. The molecule has 2 aromatic rings. The van der Waals surface area contributed by atoms with E-state index in [1.807, 2.05) is 88.4 Å². The van der Waals surface area contributed by atoms with Crippen LogP contribution in [0.3, 0.4) is 0 Å². The van der Waals surface area contributed by atoms with E-state index in [9.17, 15) is 24.0 Å². The summed E-state index contributed by atoms with van der Waals surface area (Å²) in [6.45, 7) is 12.6. The second-order valence-electron chi connectivity index (χ2n) is 13.3. The monoisotopic (exact) mass is 682 g/mol. The van der Waals surface area contributed by atoms with Crippen molar-refractivity contribution in [1.82, 2.24) is 21.3 Å². The van der Waals surface area contributed by atoms with Gasteiger partial charge in [-0.25, -0.2) is 14.4 Å². The number of hydrogen-bond donors (Lipinski definition) is 4. The van der Waals surface area contributed by atoms with Crippen molar-refractivity contribution in [2.24, 2.45) is 11.8 Å². The van der Waals surface area contributed by atoms with Gasteiger partial charge in [0, 0.05) is 6.42 Å². The summed E-state index contributed by atoms with van der Waals surface area (Å²) < 4.78 is 15.9. The van der Waals surface area contributed by atoms with Crippen LogP contribution < -0.4 is 21.3 Å². The van der Waals surface area contributed by atoms with Crippen LogP contribution in [0, 0.1) is 11.8 Å². The molecule has 0 radical (unpaired) electrons. The molecule has 12 nitrogen and oxygen atoms in total. The summed E-state index contributed by atoms with van der Waals surface area (Å²) in [6.07, 6.45) is -0.441. The first-order chi connectivity index (χ1) is 23.2. The maximum atomic E-state index is 13.8. The number of methoxy groups -OCH3 is 1. The molecule has 270 valence electrons. The van der Waals surface area contributed by atoms with E-state index < -0.39 is 59.7 Å². The second-order valence-corrected chi connectivity index (χ2v) is 13.3. The van der Waals surface area contributed by atoms with Crippen LogP contribution >= 0.6 is 0 Å². The predicted octanol–water partition coefficient (Wildman–Crippen LogP) is 5.04. The Kier molecular flexibility index (Phi) is 16.6. The molecule has 0 aliphatic carbocycles. The average Bonchev–Trinajstić information content (AvgIpc) is 3.07. The van der Waals surface area contributed by atoms with Gasteiger partial charge in [0.25, 0.3) is 0 Å². The minimum absolute atomic E-state index is 0.0117. The summed E-state index contributed by atoms with van der Waals surface area (Å²) >= 11 is 0. The number of hydrogen-bond acceptors (Lipinski definition) is 8. The number of rotatable bonds is 17. The quantitative estimate of drug-likeness (QED) is 0.133. The molecular formula is C37H54N4O8. The van der Waals surface area contributed by atoms with Crippen LogP contribution in [0.15, 0.2) is 60.7 Å². The molecule has 0 fully saturated rings. The van der Waals surface area contributed by atoms with Gasteiger partial charge in [0.15, 0.2) is 0 Å². The van der Waals surface area contributed by atoms with Gasteiger partial charge in [-0.3, -0.25) is 9.59 Å². The lowest BCUT2D eigenvalue weighted by molar-refractivity contribution is -0.147. The Morgan fingerprint density at radius 3 is 1.76 bits per heavy atom. The zero-order valence-electron chi connectivity index (χ0n) is 30.0. The van der Waals surface area contributed by atoms with Gasteiger partial charge >= 0.3 is 18.2 Å². The van der Waals surface area contributed by atoms with Crippen molar-refractivity contribution in [2.45, 2.75) is 111 Å². The van der Waals surface area contributed by atoms with Gasteiger partial charge in [-0.2, -0.15) is 0 Å². The van der Waals surface area contributed by atoms with Crippen LogP contribution in [0.5, 0.6) is 0 Å². The Morgan fingerprint density at radius 1 is 0.694 bits per heavy atom. The summed E-state index contributed by atoms with van der Waals surface area (Å²) in [6, 6.07) is 14.7. The van der Waals surface area contributed by atoms with Crippen LogP contribution in [0.25, 0.3) is 0 Å². The molecule has 0 heterocycles. The number of benzene rings is 2. The SMILES string of the molecule is CC[C@H](C)[C@H](NC(=O)C[C@H](NC(=O)OCc1ccccc1)[C@H](Cc1ccccc1)NC(=O)OC(C)(C)C)C(=O)N[C@H](C(=O)OC)[C@@H](C)CC. The topological polar surface area (TPSA) is 161 Å². The fourth-order valence-corrected chi connectivity index (χ4v) is 5.00. The molecule has 49 heavy (non-hydrogen) atoms. The van der Waals surface area contributed by atoms with Gasteiger partial charge in [0.2, 0.25) is 11.8 Å². The third-order valence-corrected chi connectivity index (χ3v) is 8.19. The maximum absolute atomic E-state index is 13.8. The smallest absolute Gasteiger partial charge is 0.407 e. The van der Waals surface area contributed by atoms with Crippen molar-refractivity contribution in [3.05, 3.63) is 71.8 Å². The Bertz CT molecular complexity index is 1350. The van der Waals surface area contributed by atoms with Gasteiger partial charge in [0.1, 0.15) is 24.3 Å². The van der Waals surface area contributed by atoms with Gasteiger partial charge in [-0.15, -0.1) is 0 Å². The highest BCUT2D eigenvalue weighted by molar-refractivity contribution is 5.91. The molecule has 6 atom stereocenters. The summed E-state index contributed by atoms with van der Waals surface area (Å²) in [5, 5.41) is 11.2. The number of carbonyl (C=O) groups is 5. The molecule has 4 N–H and O–H groups in total. The first kappa shape index (κ1) is 40.6. The summed E-state index contributed by atoms with van der Waals surface area (Å²) in [5.41, 5.74) is 0.804. The van der Waals surface area contributed by atoms with Crippen molar-refractivity contribution in [3.63, 3.8) is 0 Å². The van der Waals surface area contributed by atoms with Gasteiger partial charge in [-0.05, 0) is 50.2 Å². The van der Waals surface area contributed by atoms with Crippen LogP contribution in [0.1, 0.15) is 78.9 Å². The van der Waals surface area contributed by atoms with Crippen LogP contribution in [0.4, 0.5) is 9.59 Å². The van der Waals surface area contributed by atoms with E-state index >= 15 is 0 Å². The molecule has 0 spiro atoms. The minimum Gasteiger partial charge on any atom is -0.467 e. The fraction of sp³-hybridized carbons (Fsp3) is 0.541. The third kappa shape index (κ3) is 14.6. The van der Waals surface area contributed by atoms with Crippen LogP contribution in [-0.4, -0.2) is 66.8 Å². The zero-order valence-corrected chi connectivity index (χ0v) is 30.0. The molecule has 12 heteroatoms. The van der Waals surface area contributed by atoms with Crippen molar-refractivity contribution in [1.29, 1.82) is 0 Å². The number of esters is 1. The first-order valence-corrected chi connectivity index (χ1v) is 16.9. The lowest BCUT2D eigenvalue weighted by atomic mass is 9.94. The largest absolute Gasteiger partial charge is 0.467 e. The van der Waals surface area contributed by atoms with E-state index in [-0.39, 0.29) is 31.3 Å². The molecule has 0 aromatic heterocycles. The van der Waals surface area contributed by atoms with Crippen molar-refractivity contribution in [3.8, 4) is 0 Å². The second kappa shape index (κ2) is 20.0. The number of amides is 4. The Morgan fingerprint density at radius 2 is 1.22 bits per heavy atom. The summed E-state index contributed by atoms with van der Waals surface area (Å²) in [5.74, 6) is -2.18. The maximum Gasteiger partial charge on any atom is 0.407 e. The van der Waals surface area contributed by atoms with Gasteiger partial charge in [-0.1, -0.05) is 101 Å². The molecule has 2 aromatic carbocycles. The molecule has 0 aliphatic rings. The lowest BCUT2D eigenvalue weighted by Gasteiger charge is -2.31. The summed E-state index contributed by atoms with van der Waals surface area (Å²) in [7, 11) is 1.26. The third-order valence-electron chi connectivity index (χ3n) is 8.19. The lowest BCUT2D eigenvalue weighted by Crippen LogP contribution is -2.58. The van der Waals surface area contributed by atoms with E-state index in [2.05, 4.69) is 21.3 Å². The molecule has 0 saturated heterocycles. The normalized spacial score (nSPS) is 14.9. The molecule has 2 rings (SSSR count). The Balaban J connectivity index is 2.39. The Labute approximate surface area is 290 Å². The standard InChI is InChI=1S/C37H54N4O8/c1-9-24(3)31(33(43)41-32(25(4)10-2)34(44)47-8)40-30(42)22-29(38-35(45)48-23-27-19-15-12-16-20-27)28(21-26-17-13-11-14-18-26)39-36(46)49-37(5,6)7/h11-20,24-25,28-29,31-32H,9-10,21-23H2,1-8H3,(H,38,45)(H,39,46)(H,40,42)(H,41,43)/t24-,25-,28-,29-,31-,32-/m0/s1. The predicted molar refractivity (Wildman–Crippen MR) is 186 cm³/mol. The van der Waals surface area contributed by atoms with E-state index in [4.69, 9.17) is 14.2 Å². The van der Waals surface area contributed by atoms with Crippen molar-refractivity contribution < 1.29 is 38.2 Å². The zero-order chi connectivity index (χ0) is 36.6. The highest BCUT2D eigenvalue weighted by Crippen LogP contribution is 2.16. The number of nitrogens with one attached hydrogen (secondary N) is 4. The fourth-order valence-electron chi connectivity index (χ4n) is 5.00. The molecule has 0 unspecified atom stereocenters. The molecule has 0 aliphatic heterocycles. The van der Waals surface area contributed by atoms with E-state index in [0.717, 1.165) is 11.1 Å². The van der Waals surface area contributed by atoms with E-state index in [1.165, 1.54) is 7.11 Å².